The fourth-order valence-electron chi connectivity index (χ4n) is 3.37. The van der Waals surface area contributed by atoms with Crippen molar-refractivity contribution in [2.75, 3.05) is 13.1 Å². The zero-order chi connectivity index (χ0) is 18.1. The molecule has 1 aliphatic heterocycles. The molecule has 1 saturated heterocycles. The predicted molar refractivity (Wildman–Crippen MR) is 98.6 cm³/mol. The third-order valence-electron chi connectivity index (χ3n) is 4.61. The zero-order valence-electron chi connectivity index (χ0n) is 14.0. The number of hydrogen-bond donors (Lipinski definition) is 1. The third kappa shape index (κ3) is 4.71. The van der Waals surface area contributed by atoms with Gasteiger partial charge in [0.15, 0.2) is 0 Å². The lowest BCUT2D eigenvalue weighted by Gasteiger charge is -2.40. The molecule has 0 aromatic heterocycles. The summed E-state index contributed by atoms with van der Waals surface area (Å²) in [5.74, 6) is 0. The van der Waals surface area contributed by atoms with E-state index < -0.39 is 17.3 Å². The van der Waals surface area contributed by atoms with Crippen LogP contribution in [0.3, 0.4) is 0 Å². The highest BCUT2D eigenvalue weighted by Gasteiger charge is 2.39. The molecule has 7 heteroatoms. The molecule has 0 aliphatic carbocycles. The third-order valence-corrected chi connectivity index (χ3v) is 4.94. The van der Waals surface area contributed by atoms with Gasteiger partial charge < -0.3 is 5.11 Å². The van der Waals surface area contributed by atoms with Gasteiger partial charge in [0.2, 0.25) is 0 Å². The number of rotatable bonds is 3. The van der Waals surface area contributed by atoms with Crippen molar-refractivity contribution < 1.29 is 18.3 Å². The number of β-amino-alcohol motifs (C(OH)–C–C–N with tert-alkyl or cyclic N) is 1. The highest BCUT2D eigenvalue weighted by molar-refractivity contribution is 6.31. The molecular formula is C19H20Cl2F3NO. The number of alkyl halides is 3. The Morgan fingerprint density at radius 2 is 1.81 bits per heavy atom. The second kappa shape index (κ2) is 8.17. The van der Waals surface area contributed by atoms with E-state index in [0.717, 1.165) is 18.2 Å². The fraction of sp³-hybridized carbons (Fsp3) is 0.368. The monoisotopic (exact) mass is 405 g/mol. The Morgan fingerprint density at radius 3 is 2.46 bits per heavy atom. The van der Waals surface area contributed by atoms with Crippen LogP contribution < -0.4 is 0 Å². The first kappa shape index (κ1) is 21.0. The van der Waals surface area contributed by atoms with Gasteiger partial charge in [0, 0.05) is 13.1 Å². The Morgan fingerprint density at radius 1 is 1.12 bits per heavy atom. The molecule has 26 heavy (non-hydrogen) atoms. The van der Waals surface area contributed by atoms with E-state index >= 15 is 0 Å². The van der Waals surface area contributed by atoms with Crippen molar-refractivity contribution in [2.45, 2.75) is 31.2 Å². The molecule has 1 unspecified atom stereocenters. The van der Waals surface area contributed by atoms with Crippen molar-refractivity contribution >= 4 is 24.0 Å². The molecule has 1 N–H and O–H groups in total. The summed E-state index contributed by atoms with van der Waals surface area (Å²) in [4.78, 5) is 2.07. The number of likely N-dealkylation sites (tertiary alicyclic amines) is 1. The first-order chi connectivity index (χ1) is 11.8. The molecule has 0 saturated carbocycles. The van der Waals surface area contributed by atoms with Crippen LogP contribution in [0.5, 0.6) is 0 Å². The SMILES string of the molecule is Cl.OC1(c2ccc(Cl)c(C(F)(F)F)c2)CCCN(Cc2ccccc2)C1. The smallest absolute Gasteiger partial charge is 0.384 e. The maximum atomic E-state index is 13.1. The van der Waals surface area contributed by atoms with Gasteiger partial charge in [0.05, 0.1) is 10.6 Å². The number of benzene rings is 2. The molecule has 0 radical (unpaired) electrons. The van der Waals surface area contributed by atoms with Crippen LogP contribution in [0, 0.1) is 0 Å². The molecule has 1 aliphatic rings. The number of piperidine rings is 1. The number of aliphatic hydroxyl groups is 1. The van der Waals surface area contributed by atoms with Crippen molar-refractivity contribution in [2.24, 2.45) is 0 Å². The topological polar surface area (TPSA) is 23.5 Å². The summed E-state index contributed by atoms with van der Waals surface area (Å²) in [6, 6.07) is 13.5. The van der Waals surface area contributed by atoms with Crippen LogP contribution in [0.1, 0.15) is 29.5 Å². The normalized spacial score (nSPS) is 21.3. The Hall–Kier alpha value is -1.27. The zero-order valence-corrected chi connectivity index (χ0v) is 15.5. The van der Waals surface area contributed by atoms with E-state index in [-0.39, 0.29) is 23.0 Å². The first-order valence-electron chi connectivity index (χ1n) is 8.14. The average Bonchev–Trinajstić information content (AvgIpc) is 2.55. The summed E-state index contributed by atoms with van der Waals surface area (Å²) in [5, 5.41) is 10.7. The average molecular weight is 406 g/mol. The van der Waals surface area contributed by atoms with E-state index in [1.54, 1.807) is 0 Å². The van der Waals surface area contributed by atoms with Gasteiger partial charge >= 0.3 is 6.18 Å². The van der Waals surface area contributed by atoms with Gasteiger partial charge in [-0.05, 0) is 42.6 Å². The van der Waals surface area contributed by atoms with Crippen molar-refractivity contribution in [3.8, 4) is 0 Å². The summed E-state index contributed by atoms with van der Waals surface area (Å²) in [7, 11) is 0. The lowest BCUT2D eigenvalue weighted by Crippen LogP contribution is -2.45. The van der Waals surface area contributed by atoms with Gasteiger partial charge in [-0.2, -0.15) is 13.2 Å². The molecular weight excluding hydrogens is 386 g/mol. The Balaban J connectivity index is 0.00000243. The molecule has 2 aromatic rings. The summed E-state index contributed by atoms with van der Waals surface area (Å²) < 4.78 is 39.3. The van der Waals surface area contributed by atoms with Crippen LogP contribution in [-0.2, 0) is 18.3 Å². The van der Waals surface area contributed by atoms with Crippen LogP contribution >= 0.6 is 24.0 Å². The number of hydrogen-bond acceptors (Lipinski definition) is 2. The molecule has 1 fully saturated rings. The van der Waals surface area contributed by atoms with E-state index in [9.17, 15) is 18.3 Å². The summed E-state index contributed by atoms with van der Waals surface area (Å²) in [6.45, 7) is 1.75. The largest absolute Gasteiger partial charge is 0.417 e. The number of nitrogens with zero attached hydrogens (tertiary/aromatic N) is 1. The van der Waals surface area contributed by atoms with Crippen LogP contribution in [0.25, 0.3) is 0 Å². The van der Waals surface area contributed by atoms with Crippen LogP contribution in [0.4, 0.5) is 13.2 Å². The van der Waals surface area contributed by atoms with Crippen LogP contribution in [0.2, 0.25) is 5.02 Å². The lowest BCUT2D eigenvalue weighted by atomic mass is 9.84. The van der Waals surface area contributed by atoms with E-state index in [1.165, 1.54) is 12.1 Å². The molecule has 0 amide bonds. The van der Waals surface area contributed by atoms with Gasteiger partial charge in [-0.1, -0.05) is 48.0 Å². The van der Waals surface area contributed by atoms with E-state index in [4.69, 9.17) is 11.6 Å². The Kier molecular flexibility index (Phi) is 6.61. The highest BCUT2D eigenvalue weighted by Crippen LogP contribution is 2.39. The standard InChI is InChI=1S/C19H19ClF3NO.ClH/c20-17-8-7-15(11-16(17)19(21,22)23)18(25)9-4-10-24(13-18)12-14-5-2-1-3-6-14;/h1-3,5-8,11,25H,4,9-10,12-13H2;1H. The summed E-state index contributed by atoms with van der Waals surface area (Å²) in [5.41, 5.74) is -0.835. The van der Waals surface area contributed by atoms with Crippen LogP contribution in [-0.4, -0.2) is 23.1 Å². The lowest BCUT2D eigenvalue weighted by molar-refractivity contribution is -0.137. The second-order valence-corrected chi connectivity index (χ2v) is 6.93. The Bertz CT molecular complexity index is 739. The molecule has 0 spiro atoms. The van der Waals surface area contributed by atoms with Crippen molar-refractivity contribution in [3.05, 3.63) is 70.2 Å². The minimum Gasteiger partial charge on any atom is -0.384 e. The Labute approximate surface area is 162 Å². The highest BCUT2D eigenvalue weighted by atomic mass is 35.5. The van der Waals surface area contributed by atoms with Gasteiger partial charge in [-0.25, -0.2) is 0 Å². The van der Waals surface area contributed by atoms with Crippen molar-refractivity contribution in [3.63, 3.8) is 0 Å². The second-order valence-electron chi connectivity index (χ2n) is 6.52. The maximum Gasteiger partial charge on any atom is 0.417 e. The first-order valence-corrected chi connectivity index (χ1v) is 8.52. The van der Waals surface area contributed by atoms with Crippen molar-refractivity contribution in [1.82, 2.24) is 4.90 Å². The minimum absolute atomic E-state index is 0. The van der Waals surface area contributed by atoms with Gasteiger partial charge in [-0.3, -0.25) is 4.90 Å². The quantitative estimate of drug-likeness (QED) is 0.752. The van der Waals surface area contributed by atoms with Crippen molar-refractivity contribution in [1.29, 1.82) is 0 Å². The molecule has 1 heterocycles. The molecule has 142 valence electrons. The molecule has 2 aromatic carbocycles. The van der Waals surface area contributed by atoms with Gasteiger partial charge in [-0.15, -0.1) is 12.4 Å². The summed E-state index contributed by atoms with van der Waals surface area (Å²) in [6.07, 6.45) is -3.40. The summed E-state index contributed by atoms with van der Waals surface area (Å²) >= 11 is 5.69. The molecule has 3 rings (SSSR count). The van der Waals surface area contributed by atoms with E-state index in [1.807, 2.05) is 30.3 Å². The fourth-order valence-corrected chi connectivity index (χ4v) is 3.59. The minimum atomic E-state index is -4.54. The molecule has 1 atom stereocenters. The van der Waals surface area contributed by atoms with Gasteiger partial charge in [0.1, 0.15) is 5.60 Å². The molecule has 0 bridgehead atoms. The molecule has 2 nitrogen and oxygen atoms in total. The van der Waals surface area contributed by atoms with Gasteiger partial charge in [0.25, 0.3) is 0 Å². The van der Waals surface area contributed by atoms with E-state index in [0.29, 0.717) is 25.9 Å². The number of halogens is 5. The van der Waals surface area contributed by atoms with E-state index in [2.05, 4.69) is 4.90 Å². The predicted octanol–water partition coefficient (Wildman–Crippen LogP) is 5.26. The maximum absolute atomic E-state index is 13.1. The van der Waals surface area contributed by atoms with Crippen LogP contribution in [0.15, 0.2) is 48.5 Å².